The molecule has 0 aliphatic rings. The summed E-state index contributed by atoms with van der Waals surface area (Å²) in [4.78, 5) is 23.6. The van der Waals surface area contributed by atoms with E-state index in [1.807, 2.05) is 6.92 Å². The van der Waals surface area contributed by atoms with Crippen molar-refractivity contribution >= 4 is 11.9 Å². The number of halogens is 1. The van der Waals surface area contributed by atoms with E-state index >= 15 is 0 Å². The highest BCUT2D eigenvalue weighted by atomic mass is 19.1. The van der Waals surface area contributed by atoms with E-state index in [4.69, 9.17) is 10.5 Å². The number of amides is 1. The standard InChI is InChI=1S/C15H15FN2O3/c1-9-3-8-12(18(9)2)15(20)21-13(14(17)19)10-4-6-11(16)7-5-10/h3-8,13H,1-2H3,(H2,17,19)/t13-/m1/s1. The molecule has 0 bridgehead atoms. The van der Waals surface area contributed by atoms with Gasteiger partial charge < -0.3 is 15.0 Å². The predicted octanol–water partition coefficient (Wildman–Crippen LogP) is 1.86. The van der Waals surface area contributed by atoms with E-state index < -0.39 is 23.8 Å². The molecule has 0 aliphatic carbocycles. The molecule has 0 unspecified atom stereocenters. The van der Waals surface area contributed by atoms with Crippen LogP contribution in [0, 0.1) is 12.7 Å². The number of hydrogen-bond donors (Lipinski definition) is 1. The molecule has 1 heterocycles. The van der Waals surface area contributed by atoms with E-state index in [0.717, 1.165) is 5.69 Å². The van der Waals surface area contributed by atoms with E-state index in [-0.39, 0.29) is 0 Å². The molecule has 1 aromatic carbocycles. The molecule has 0 spiro atoms. The largest absolute Gasteiger partial charge is 0.443 e. The van der Waals surface area contributed by atoms with Gasteiger partial charge in [-0.1, -0.05) is 12.1 Å². The first-order valence-corrected chi connectivity index (χ1v) is 6.28. The Morgan fingerprint density at radius 3 is 2.29 bits per heavy atom. The van der Waals surface area contributed by atoms with Crippen LogP contribution in [0.5, 0.6) is 0 Å². The Hall–Kier alpha value is -2.63. The number of hydrogen-bond acceptors (Lipinski definition) is 3. The molecule has 2 aromatic rings. The third kappa shape index (κ3) is 3.10. The topological polar surface area (TPSA) is 74.3 Å². The molecule has 0 saturated heterocycles. The van der Waals surface area contributed by atoms with Crippen LogP contribution in [0.4, 0.5) is 4.39 Å². The van der Waals surface area contributed by atoms with Gasteiger partial charge in [0.05, 0.1) is 0 Å². The van der Waals surface area contributed by atoms with Crippen LogP contribution < -0.4 is 5.73 Å². The molecule has 5 nitrogen and oxygen atoms in total. The molecule has 6 heteroatoms. The lowest BCUT2D eigenvalue weighted by molar-refractivity contribution is -0.127. The molecule has 1 amide bonds. The van der Waals surface area contributed by atoms with Crippen molar-refractivity contribution in [2.24, 2.45) is 12.8 Å². The average Bonchev–Trinajstić information content (AvgIpc) is 2.77. The number of primary amides is 1. The van der Waals surface area contributed by atoms with Gasteiger partial charge >= 0.3 is 5.97 Å². The number of aryl methyl sites for hydroxylation is 1. The van der Waals surface area contributed by atoms with Crippen molar-refractivity contribution in [3.63, 3.8) is 0 Å². The van der Waals surface area contributed by atoms with E-state index in [1.165, 1.54) is 24.3 Å². The van der Waals surface area contributed by atoms with E-state index in [9.17, 15) is 14.0 Å². The Bertz CT molecular complexity index is 677. The quantitative estimate of drug-likeness (QED) is 0.873. The third-order valence-electron chi connectivity index (χ3n) is 3.24. The summed E-state index contributed by atoms with van der Waals surface area (Å²) in [6.07, 6.45) is -1.26. The van der Waals surface area contributed by atoms with Gasteiger partial charge in [0.15, 0.2) is 0 Å². The number of benzene rings is 1. The highest BCUT2D eigenvalue weighted by Crippen LogP contribution is 2.20. The van der Waals surface area contributed by atoms with Crippen molar-refractivity contribution < 1.29 is 18.7 Å². The SMILES string of the molecule is Cc1ccc(C(=O)O[C@@H](C(N)=O)c2ccc(F)cc2)n1C. The molecule has 110 valence electrons. The minimum absolute atomic E-state index is 0.306. The van der Waals surface area contributed by atoms with Gasteiger partial charge in [-0.25, -0.2) is 9.18 Å². The lowest BCUT2D eigenvalue weighted by Crippen LogP contribution is -2.27. The first kappa shape index (κ1) is 14.8. The summed E-state index contributed by atoms with van der Waals surface area (Å²) in [6.45, 7) is 1.84. The molecular weight excluding hydrogens is 275 g/mol. The van der Waals surface area contributed by atoms with E-state index in [1.54, 1.807) is 23.7 Å². The average molecular weight is 290 g/mol. The minimum Gasteiger partial charge on any atom is -0.443 e. The van der Waals surface area contributed by atoms with Gasteiger partial charge in [-0.2, -0.15) is 0 Å². The second-order valence-corrected chi connectivity index (χ2v) is 4.66. The first-order valence-electron chi connectivity index (χ1n) is 6.28. The number of rotatable bonds is 4. The molecule has 1 aromatic heterocycles. The molecule has 2 rings (SSSR count). The zero-order valence-electron chi connectivity index (χ0n) is 11.7. The summed E-state index contributed by atoms with van der Waals surface area (Å²) in [5, 5.41) is 0. The molecule has 2 N–H and O–H groups in total. The van der Waals surface area contributed by atoms with Crippen LogP contribution in [0.2, 0.25) is 0 Å². The maximum Gasteiger partial charge on any atom is 0.356 e. The highest BCUT2D eigenvalue weighted by Gasteiger charge is 2.24. The van der Waals surface area contributed by atoms with Crippen molar-refractivity contribution in [3.8, 4) is 0 Å². The Morgan fingerprint density at radius 2 is 1.81 bits per heavy atom. The number of nitrogens with two attached hydrogens (primary N) is 1. The second-order valence-electron chi connectivity index (χ2n) is 4.66. The van der Waals surface area contributed by atoms with Gasteiger partial charge in [-0.05, 0) is 31.2 Å². The number of aromatic nitrogens is 1. The molecule has 1 atom stereocenters. The van der Waals surface area contributed by atoms with Gasteiger partial charge in [0.2, 0.25) is 6.10 Å². The van der Waals surface area contributed by atoms with E-state index in [0.29, 0.717) is 11.3 Å². The van der Waals surface area contributed by atoms with Crippen molar-refractivity contribution in [3.05, 3.63) is 59.2 Å². The first-order chi connectivity index (χ1) is 9.90. The molecule has 0 aliphatic heterocycles. The Kier molecular flexibility index (Phi) is 4.07. The van der Waals surface area contributed by atoms with Crippen LogP contribution in [0.1, 0.15) is 27.8 Å². The number of carbonyl (C=O) groups excluding carboxylic acids is 2. The lowest BCUT2D eigenvalue weighted by atomic mass is 10.1. The van der Waals surface area contributed by atoms with Crippen molar-refractivity contribution in [2.45, 2.75) is 13.0 Å². The predicted molar refractivity (Wildman–Crippen MR) is 73.9 cm³/mol. The van der Waals surface area contributed by atoms with Gasteiger partial charge in [-0.15, -0.1) is 0 Å². The fourth-order valence-electron chi connectivity index (χ4n) is 1.91. The summed E-state index contributed by atoms with van der Waals surface area (Å²) < 4.78 is 19.7. The van der Waals surface area contributed by atoms with Crippen LogP contribution >= 0.6 is 0 Å². The Labute approximate surface area is 121 Å². The maximum atomic E-state index is 12.9. The Morgan fingerprint density at radius 1 is 1.19 bits per heavy atom. The normalized spacial score (nSPS) is 12.0. The fraction of sp³-hybridized carbons (Fsp3) is 0.200. The fourth-order valence-corrected chi connectivity index (χ4v) is 1.91. The van der Waals surface area contributed by atoms with Crippen LogP contribution in [-0.2, 0) is 16.6 Å². The minimum atomic E-state index is -1.26. The summed E-state index contributed by atoms with van der Waals surface area (Å²) in [7, 11) is 1.71. The lowest BCUT2D eigenvalue weighted by Gasteiger charge is -2.15. The monoisotopic (exact) mass is 290 g/mol. The summed E-state index contributed by atoms with van der Waals surface area (Å²) in [5.74, 6) is -1.94. The molecule has 0 fully saturated rings. The molecular formula is C15H15FN2O3. The number of esters is 1. The molecule has 0 radical (unpaired) electrons. The van der Waals surface area contributed by atoms with E-state index in [2.05, 4.69) is 0 Å². The van der Waals surface area contributed by atoms with Crippen LogP contribution in [-0.4, -0.2) is 16.4 Å². The highest BCUT2D eigenvalue weighted by molar-refractivity contribution is 5.91. The summed E-state index contributed by atoms with van der Waals surface area (Å²) >= 11 is 0. The van der Waals surface area contributed by atoms with Crippen molar-refractivity contribution in [1.29, 1.82) is 0 Å². The van der Waals surface area contributed by atoms with Crippen LogP contribution in [0.3, 0.4) is 0 Å². The van der Waals surface area contributed by atoms with Crippen LogP contribution in [0.15, 0.2) is 36.4 Å². The summed E-state index contributed by atoms with van der Waals surface area (Å²) in [6, 6.07) is 8.41. The number of carbonyl (C=O) groups is 2. The zero-order valence-corrected chi connectivity index (χ0v) is 11.7. The van der Waals surface area contributed by atoms with Crippen LogP contribution in [0.25, 0.3) is 0 Å². The summed E-state index contributed by atoms with van der Waals surface area (Å²) in [5.41, 5.74) is 6.76. The molecule has 0 saturated carbocycles. The number of ether oxygens (including phenoxy) is 1. The van der Waals surface area contributed by atoms with Crippen molar-refractivity contribution in [2.75, 3.05) is 0 Å². The zero-order chi connectivity index (χ0) is 15.6. The van der Waals surface area contributed by atoms with Gasteiger partial charge in [0.1, 0.15) is 11.5 Å². The Balaban J connectivity index is 2.24. The van der Waals surface area contributed by atoms with Crippen molar-refractivity contribution in [1.82, 2.24) is 4.57 Å². The maximum absolute atomic E-state index is 12.9. The van der Waals surface area contributed by atoms with Gasteiger partial charge in [0.25, 0.3) is 5.91 Å². The second kappa shape index (κ2) is 5.78. The smallest absolute Gasteiger partial charge is 0.356 e. The van der Waals surface area contributed by atoms with Gasteiger partial charge in [-0.3, -0.25) is 4.79 Å². The molecule has 21 heavy (non-hydrogen) atoms. The third-order valence-corrected chi connectivity index (χ3v) is 3.24. The number of nitrogens with zero attached hydrogens (tertiary/aromatic N) is 1. The van der Waals surface area contributed by atoms with Gasteiger partial charge in [0, 0.05) is 18.3 Å².